The number of nitrogens with one attached hydrogen (secondary N) is 1. The van der Waals surface area contributed by atoms with Crippen LogP contribution in [0.4, 0.5) is 0 Å². The van der Waals surface area contributed by atoms with E-state index >= 15 is 0 Å². The van der Waals surface area contributed by atoms with Crippen molar-refractivity contribution in [1.82, 2.24) is 15.3 Å². The highest BCUT2D eigenvalue weighted by Crippen LogP contribution is 2.28. The van der Waals surface area contributed by atoms with Crippen molar-refractivity contribution in [3.8, 4) is 0 Å². The van der Waals surface area contributed by atoms with Gasteiger partial charge in [0, 0.05) is 11.8 Å². The van der Waals surface area contributed by atoms with Crippen molar-refractivity contribution in [2.45, 2.75) is 51.4 Å². The van der Waals surface area contributed by atoms with Gasteiger partial charge in [0.1, 0.15) is 11.9 Å². The van der Waals surface area contributed by atoms with Gasteiger partial charge in [0.05, 0.1) is 22.8 Å². The first kappa shape index (κ1) is 27.2. The number of aliphatic hydroxyl groups is 2. The third-order valence-corrected chi connectivity index (χ3v) is 6.86. The molecule has 0 fully saturated rings. The molecule has 0 aliphatic carbocycles. The molecule has 0 saturated carbocycles. The van der Waals surface area contributed by atoms with Gasteiger partial charge in [-0.1, -0.05) is 54.6 Å². The van der Waals surface area contributed by atoms with E-state index in [0.717, 1.165) is 16.3 Å². The fourth-order valence-corrected chi connectivity index (χ4v) is 4.74. The van der Waals surface area contributed by atoms with Crippen molar-refractivity contribution >= 4 is 33.6 Å². The molecule has 0 bridgehead atoms. The van der Waals surface area contributed by atoms with Crippen molar-refractivity contribution in [2.24, 2.45) is 17.6 Å². The monoisotopic (exact) mass is 514 g/mol. The lowest BCUT2D eigenvalue weighted by molar-refractivity contribution is -0.123. The molecule has 5 N–H and O–H groups in total. The van der Waals surface area contributed by atoms with Crippen LogP contribution in [0, 0.1) is 11.8 Å². The third-order valence-electron chi connectivity index (χ3n) is 6.86. The van der Waals surface area contributed by atoms with Gasteiger partial charge in [-0.2, -0.15) is 0 Å². The van der Waals surface area contributed by atoms with Crippen molar-refractivity contribution < 1.29 is 19.8 Å². The zero-order valence-electron chi connectivity index (χ0n) is 21.7. The highest BCUT2D eigenvalue weighted by atomic mass is 16.3. The summed E-state index contributed by atoms with van der Waals surface area (Å²) in [5.41, 5.74) is 7.08. The van der Waals surface area contributed by atoms with Crippen molar-refractivity contribution in [1.29, 1.82) is 0 Å². The molecular weight excluding hydrogens is 480 g/mol. The molecule has 0 aliphatic heterocycles. The van der Waals surface area contributed by atoms with Gasteiger partial charge in [-0.25, -0.2) is 4.98 Å². The van der Waals surface area contributed by atoms with E-state index in [-0.39, 0.29) is 12.1 Å². The molecule has 2 amide bonds. The maximum Gasteiger partial charge on any atom is 0.273 e. The highest BCUT2D eigenvalue weighted by Gasteiger charge is 2.30. The lowest BCUT2D eigenvalue weighted by Crippen LogP contribution is -2.43. The van der Waals surface area contributed by atoms with Crippen LogP contribution in [0.15, 0.2) is 72.9 Å². The summed E-state index contributed by atoms with van der Waals surface area (Å²) in [4.78, 5) is 34.1. The van der Waals surface area contributed by atoms with Crippen LogP contribution in [-0.4, -0.2) is 43.8 Å². The van der Waals surface area contributed by atoms with Crippen molar-refractivity contribution in [3.05, 3.63) is 84.2 Å². The van der Waals surface area contributed by atoms with Crippen LogP contribution in [0.1, 0.15) is 49.2 Å². The minimum absolute atomic E-state index is 0.0835. The normalized spacial score (nSPS) is 14.2. The van der Waals surface area contributed by atoms with E-state index in [1.54, 1.807) is 26.0 Å². The number of carbonyl (C=O) groups is 2. The molecule has 38 heavy (non-hydrogen) atoms. The number of aromatic nitrogens is 2. The summed E-state index contributed by atoms with van der Waals surface area (Å²) in [6.07, 6.45) is 1.47. The standard InChI is InChI=1S/C30H34N4O4/c1-30(2,38)15-14-21(27(31)35)17-22(16-20-10-7-9-19-8-3-4-11-23(19)20)28(36)34-29(37)26-18-32-24-12-5-6-13-25(24)33-26/h3-13,18,21-22,28,36,38H,14-17H2,1-2H3,(H2,31,35)(H,34,37)/t21?,22-,28-/m1/s1. The highest BCUT2D eigenvalue weighted by molar-refractivity contribution is 5.94. The molecule has 1 unspecified atom stereocenters. The SMILES string of the molecule is CC(C)(O)CCC(C[C@@H](Cc1cccc2ccccc12)[C@@H](O)NC(=O)c1cnc2ccccc2n1)C(N)=O. The third kappa shape index (κ3) is 6.90. The number of primary amides is 1. The molecular formula is C30H34N4O4. The molecule has 8 heteroatoms. The molecule has 8 nitrogen and oxygen atoms in total. The molecule has 1 aromatic heterocycles. The van der Waals surface area contributed by atoms with E-state index in [9.17, 15) is 19.8 Å². The Kier molecular flexibility index (Phi) is 8.34. The van der Waals surface area contributed by atoms with Gasteiger partial charge in [0.2, 0.25) is 5.91 Å². The van der Waals surface area contributed by atoms with Crippen LogP contribution in [0.2, 0.25) is 0 Å². The number of aliphatic hydroxyl groups excluding tert-OH is 1. The van der Waals surface area contributed by atoms with Crippen LogP contribution < -0.4 is 11.1 Å². The molecule has 0 aliphatic rings. The quantitative estimate of drug-likeness (QED) is 0.225. The predicted octanol–water partition coefficient (Wildman–Crippen LogP) is 3.73. The molecule has 4 aromatic rings. The Morgan fingerprint density at radius 3 is 2.42 bits per heavy atom. The Bertz CT molecular complexity index is 1430. The number of rotatable bonds is 11. The fourth-order valence-electron chi connectivity index (χ4n) is 4.74. The Balaban J connectivity index is 1.59. The van der Waals surface area contributed by atoms with Crippen molar-refractivity contribution in [3.63, 3.8) is 0 Å². The molecule has 0 radical (unpaired) electrons. The topological polar surface area (TPSA) is 138 Å². The largest absolute Gasteiger partial charge is 0.390 e. The number of carbonyl (C=O) groups excluding carboxylic acids is 2. The number of fused-ring (bicyclic) bond motifs is 2. The smallest absolute Gasteiger partial charge is 0.273 e. The average Bonchev–Trinajstić information content (AvgIpc) is 2.89. The number of para-hydroxylation sites is 2. The molecule has 3 atom stereocenters. The average molecular weight is 515 g/mol. The van der Waals surface area contributed by atoms with Crippen LogP contribution in [0.25, 0.3) is 21.8 Å². The molecule has 4 rings (SSSR count). The van der Waals surface area contributed by atoms with E-state index in [2.05, 4.69) is 15.3 Å². The van der Waals surface area contributed by atoms with E-state index in [0.29, 0.717) is 30.3 Å². The van der Waals surface area contributed by atoms with E-state index in [4.69, 9.17) is 5.73 Å². The van der Waals surface area contributed by atoms with Gasteiger partial charge in [-0.15, -0.1) is 0 Å². The number of nitrogens with zero attached hydrogens (tertiary/aromatic N) is 2. The van der Waals surface area contributed by atoms with Gasteiger partial charge in [0.15, 0.2) is 0 Å². The van der Waals surface area contributed by atoms with Crippen LogP contribution in [-0.2, 0) is 11.2 Å². The Morgan fingerprint density at radius 1 is 1.00 bits per heavy atom. The lowest BCUT2D eigenvalue weighted by Gasteiger charge is -2.28. The Morgan fingerprint density at radius 2 is 1.68 bits per heavy atom. The van der Waals surface area contributed by atoms with Crippen LogP contribution in [0.3, 0.4) is 0 Å². The number of nitrogens with two attached hydrogens (primary N) is 1. The maximum atomic E-state index is 13.0. The summed E-state index contributed by atoms with van der Waals surface area (Å²) < 4.78 is 0. The summed E-state index contributed by atoms with van der Waals surface area (Å²) in [5, 5.41) is 26.2. The number of amides is 2. The molecule has 198 valence electrons. The summed E-state index contributed by atoms with van der Waals surface area (Å²) in [5.74, 6) is -2.19. The number of benzene rings is 3. The second-order valence-electron chi connectivity index (χ2n) is 10.5. The Hall–Kier alpha value is -3.88. The molecule has 1 heterocycles. The molecule has 0 saturated heterocycles. The fraction of sp³-hybridized carbons (Fsp3) is 0.333. The first-order valence-corrected chi connectivity index (χ1v) is 12.8. The maximum absolute atomic E-state index is 13.0. The van der Waals surface area contributed by atoms with Gasteiger partial charge in [-0.3, -0.25) is 14.6 Å². The van der Waals surface area contributed by atoms with Crippen LogP contribution in [0.5, 0.6) is 0 Å². The molecule has 0 spiro atoms. The summed E-state index contributed by atoms with van der Waals surface area (Å²) in [7, 11) is 0. The predicted molar refractivity (Wildman–Crippen MR) is 147 cm³/mol. The molecule has 3 aromatic carbocycles. The summed E-state index contributed by atoms with van der Waals surface area (Å²) in [6, 6.07) is 21.1. The van der Waals surface area contributed by atoms with E-state index in [1.807, 2.05) is 54.6 Å². The van der Waals surface area contributed by atoms with Crippen LogP contribution >= 0.6 is 0 Å². The van der Waals surface area contributed by atoms with Gasteiger partial charge >= 0.3 is 0 Å². The van der Waals surface area contributed by atoms with Gasteiger partial charge < -0.3 is 21.3 Å². The van der Waals surface area contributed by atoms with Gasteiger partial charge in [0.25, 0.3) is 5.91 Å². The second kappa shape index (κ2) is 11.7. The zero-order chi connectivity index (χ0) is 27.3. The summed E-state index contributed by atoms with van der Waals surface area (Å²) in [6.45, 7) is 3.36. The van der Waals surface area contributed by atoms with Crippen molar-refractivity contribution in [2.75, 3.05) is 0 Å². The van der Waals surface area contributed by atoms with E-state index in [1.165, 1.54) is 6.20 Å². The number of hydrogen-bond acceptors (Lipinski definition) is 6. The Labute approximate surface area is 221 Å². The lowest BCUT2D eigenvalue weighted by atomic mass is 9.83. The first-order valence-electron chi connectivity index (χ1n) is 12.8. The minimum atomic E-state index is -1.28. The minimum Gasteiger partial charge on any atom is -0.390 e. The van der Waals surface area contributed by atoms with E-state index < -0.39 is 35.5 Å². The number of hydrogen-bond donors (Lipinski definition) is 4. The zero-order valence-corrected chi connectivity index (χ0v) is 21.7. The van der Waals surface area contributed by atoms with Gasteiger partial charge in [-0.05, 0) is 68.0 Å². The first-order chi connectivity index (χ1) is 18.1. The second-order valence-corrected chi connectivity index (χ2v) is 10.5. The summed E-state index contributed by atoms with van der Waals surface area (Å²) >= 11 is 0.